The summed E-state index contributed by atoms with van der Waals surface area (Å²) >= 11 is 6.05. The quantitative estimate of drug-likeness (QED) is 0.409. The van der Waals surface area contributed by atoms with Crippen LogP contribution in [-0.4, -0.2) is 22.6 Å². The molecular formula is C23H20ClN3O3. The van der Waals surface area contributed by atoms with E-state index in [2.05, 4.69) is 15.8 Å². The number of phenols is 1. The third kappa shape index (κ3) is 4.85. The number of nitrogens with one attached hydrogen (secondary N) is 2. The largest absolute Gasteiger partial charge is 0.507 e. The summed E-state index contributed by atoms with van der Waals surface area (Å²) in [4.78, 5) is 24.6. The summed E-state index contributed by atoms with van der Waals surface area (Å²) in [5.41, 5.74) is 5.54. The van der Waals surface area contributed by atoms with Gasteiger partial charge in [0.25, 0.3) is 11.8 Å². The third-order valence-corrected chi connectivity index (χ3v) is 4.82. The fourth-order valence-electron chi connectivity index (χ4n) is 2.74. The summed E-state index contributed by atoms with van der Waals surface area (Å²) in [5.74, 6) is -0.871. The Labute approximate surface area is 179 Å². The van der Waals surface area contributed by atoms with Gasteiger partial charge in [0.15, 0.2) is 0 Å². The van der Waals surface area contributed by atoms with Gasteiger partial charge in [-0.1, -0.05) is 48.0 Å². The van der Waals surface area contributed by atoms with Gasteiger partial charge in [0.2, 0.25) is 0 Å². The Kier molecular flexibility index (Phi) is 6.49. The van der Waals surface area contributed by atoms with Gasteiger partial charge in [-0.05, 0) is 55.3 Å². The second-order valence-corrected chi connectivity index (χ2v) is 7.03. The van der Waals surface area contributed by atoms with Crippen molar-refractivity contribution in [3.8, 4) is 5.75 Å². The minimum Gasteiger partial charge on any atom is -0.507 e. The maximum atomic E-state index is 12.3. The molecule has 0 fully saturated rings. The van der Waals surface area contributed by atoms with Crippen molar-refractivity contribution in [3.05, 3.63) is 94.0 Å². The van der Waals surface area contributed by atoms with Crippen LogP contribution in [0.4, 0.5) is 5.69 Å². The maximum Gasteiger partial charge on any atom is 0.275 e. The number of carbonyl (C=O) groups excluding carboxylic acids is 2. The van der Waals surface area contributed by atoms with Crippen molar-refractivity contribution >= 4 is 34.8 Å². The lowest BCUT2D eigenvalue weighted by atomic mass is 10.1. The number of phenolic OH excluding ortho intramolecular Hbond substituents is 1. The summed E-state index contributed by atoms with van der Waals surface area (Å²) in [6.45, 7) is 3.46. The third-order valence-electron chi connectivity index (χ3n) is 4.49. The Balaban J connectivity index is 1.66. The standard InChI is InChI=1S/C23H20ClN3O3/c1-14-6-5-8-19(21(14)28)23(30)27-26-15(2)16-10-12-17(13-11-16)25-22(29)18-7-3-4-9-20(18)24/h3-13,28H,1-2H3,(H,25,29)(H,27,30)/b26-15-. The maximum absolute atomic E-state index is 12.3. The van der Waals surface area contributed by atoms with E-state index in [-0.39, 0.29) is 17.2 Å². The number of anilines is 1. The lowest BCUT2D eigenvalue weighted by Crippen LogP contribution is -2.19. The molecular weight excluding hydrogens is 402 g/mol. The molecule has 0 bridgehead atoms. The second kappa shape index (κ2) is 9.24. The first-order valence-corrected chi connectivity index (χ1v) is 9.54. The Bertz CT molecular complexity index is 1120. The zero-order valence-corrected chi connectivity index (χ0v) is 17.2. The number of para-hydroxylation sites is 1. The number of benzene rings is 3. The van der Waals surface area contributed by atoms with E-state index in [0.29, 0.717) is 27.5 Å². The van der Waals surface area contributed by atoms with E-state index in [1.54, 1.807) is 74.5 Å². The summed E-state index contributed by atoms with van der Waals surface area (Å²) < 4.78 is 0. The van der Waals surface area contributed by atoms with Crippen molar-refractivity contribution in [2.75, 3.05) is 5.32 Å². The number of halogens is 1. The molecule has 0 unspecified atom stereocenters. The number of hydrogen-bond donors (Lipinski definition) is 3. The number of hydrazone groups is 1. The Morgan fingerprint density at radius 1 is 0.900 bits per heavy atom. The van der Waals surface area contributed by atoms with Gasteiger partial charge in [-0.25, -0.2) is 5.43 Å². The molecule has 3 aromatic rings. The number of aromatic hydroxyl groups is 1. The van der Waals surface area contributed by atoms with Gasteiger partial charge in [-0.2, -0.15) is 5.10 Å². The van der Waals surface area contributed by atoms with E-state index in [1.165, 1.54) is 6.07 Å². The number of aryl methyl sites for hydroxylation is 1. The summed E-state index contributed by atoms with van der Waals surface area (Å²) in [6, 6.07) is 18.8. The van der Waals surface area contributed by atoms with Crippen molar-refractivity contribution in [2.45, 2.75) is 13.8 Å². The molecule has 7 heteroatoms. The molecule has 152 valence electrons. The van der Waals surface area contributed by atoms with Gasteiger partial charge < -0.3 is 10.4 Å². The molecule has 3 rings (SSSR count). The zero-order valence-electron chi connectivity index (χ0n) is 16.4. The van der Waals surface area contributed by atoms with Gasteiger partial charge in [0.05, 0.1) is 21.9 Å². The first-order chi connectivity index (χ1) is 14.4. The van der Waals surface area contributed by atoms with Gasteiger partial charge >= 0.3 is 0 Å². The highest BCUT2D eigenvalue weighted by molar-refractivity contribution is 6.34. The van der Waals surface area contributed by atoms with Crippen LogP contribution in [0.2, 0.25) is 5.02 Å². The van der Waals surface area contributed by atoms with E-state index in [4.69, 9.17) is 11.6 Å². The summed E-state index contributed by atoms with van der Waals surface area (Å²) in [6.07, 6.45) is 0. The highest BCUT2D eigenvalue weighted by Crippen LogP contribution is 2.21. The number of hydrogen-bond acceptors (Lipinski definition) is 4. The smallest absolute Gasteiger partial charge is 0.275 e. The predicted molar refractivity (Wildman–Crippen MR) is 118 cm³/mol. The Morgan fingerprint density at radius 3 is 2.27 bits per heavy atom. The van der Waals surface area contributed by atoms with Gasteiger partial charge in [0, 0.05) is 5.69 Å². The first kappa shape index (κ1) is 21.1. The topological polar surface area (TPSA) is 90.8 Å². The fraction of sp³-hybridized carbons (Fsp3) is 0.0870. The molecule has 0 aliphatic heterocycles. The number of nitrogens with zero attached hydrogens (tertiary/aromatic N) is 1. The van der Waals surface area contributed by atoms with Gasteiger partial charge in [-0.15, -0.1) is 0 Å². The molecule has 0 aliphatic rings. The van der Waals surface area contributed by atoms with Crippen LogP contribution in [-0.2, 0) is 0 Å². The SMILES string of the molecule is C/C(=N/NC(=O)c1cccc(C)c1O)c1ccc(NC(=O)c2ccccc2Cl)cc1. The zero-order chi connectivity index (χ0) is 21.7. The molecule has 0 heterocycles. The van der Waals surface area contributed by atoms with Crippen LogP contribution in [0.3, 0.4) is 0 Å². The average Bonchev–Trinajstić information content (AvgIpc) is 2.74. The molecule has 3 N–H and O–H groups in total. The fourth-order valence-corrected chi connectivity index (χ4v) is 2.96. The van der Waals surface area contributed by atoms with Crippen molar-refractivity contribution in [2.24, 2.45) is 5.10 Å². The predicted octanol–water partition coefficient (Wildman–Crippen LogP) is 4.76. The average molecular weight is 422 g/mol. The summed E-state index contributed by atoms with van der Waals surface area (Å²) in [5, 5.41) is 17.3. The van der Waals surface area contributed by atoms with E-state index < -0.39 is 5.91 Å². The molecule has 0 atom stereocenters. The van der Waals surface area contributed by atoms with E-state index in [1.807, 2.05) is 0 Å². The first-order valence-electron chi connectivity index (χ1n) is 9.16. The van der Waals surface area contributed by atoms with Crippen molar-refractivity contribution < 1.29 is 14.7 Å². The van der Waals surface area contributed by atoms with E-state index in [0.717, 1.165) is 5.56 Å². The molecule has 0 aromatic heterocycles. The van der Waals surface area contributed by atoms with Crippen LogP contribution < -0.4 is 10.7 Å². The van der Waals surface area contributed by atoms with Crippen LogP contribution >= 0.6 is 11.6 Å². The monoisotopic (exact) mass is 421 g/mol. The molecule has 2 amide bonds. The van der Waals surface area contributed by atoms with Crippen LogP contribution in [0.25, 0.3) is 0 Å². The van der Waals surface area contributed by atoms with Crippen LogP contribution in [0, 0.1) is 6.92 Å². The summed E-state index contributed by atoms with van der Waals surface area (Å²) in [7, 11) is 0. The van der Waals surface area contributed by atoms with Crippen LogP contribution in [0.1, 0.15) is 38.8 Å². The van der Waals surface area contributed by atoms with Gasteiger partial charge in [0.1, 0.15) is 5.75 Å². The van der Waals surface area contributed by atoms with Crippen molar-refractivity contribution in [1.29, 1.82) is 0 Å². The van der Waals surface area contributed by atoms with E-state index >= 15 is 0 Å². The molecule has 0 spiro atoms. The van der Waals surface area contributed by atoms with Crippen LogP contribution in [0.5, 0.6) is 5.75 Å². The molecule has 0 aliphatic carbocycles. The highest BCUT2D eigenvalue weighted by Gasteiger charge is 2.12. The Hall–Kier alpha value is -3.64. The minimum atomic E-state index is -0.501. The lowest BCUT2D eigenvalue weighted by molar-refractivity contribution is 0.0951. The molecule has 0 saturated heterocycles. The number of rotatable bonds is 5. The van der Waals surface area contributed by atoms with E-state index in [9.17, 15) is 14.7 Å². The highest BCUT2D eigenvalue weighted by atomic mass is 35.5. The van der Waals surface area contributed by atoms with Crippen molar-refractivity contribution in [1.82, 2.24) is 5.43 Å². The number of carbonyl (C=O) groups is 2. The lowest BCUT2D eigenvalue weighted by Gasteiger charge is -2.08. The normalized spacial score (nSPS) is 11.1. The minimum absolute atomic E-state index is 0.0681. The molecule has 6 nitrogen and oxygen atoms in total. The van der Waals surface area contributed by atoms with Crippen molar-refractivity contribution in [3.63, 3.8) is 0 Å². The molecule has 30 heavy (non-hydrogen) atoms. The second-order valence-electron chi connectivity index (χ2n) is 6.62. The van der Waals surface area contributed by atoms with Crippen LogP contribution in [0.15, 0.2) is 71.8 Å². The molecule has 0 radical (unpaired) electrons. The van der Waals surface area contributed by atoms with Gasteiger partial charge in [-0.3, -0.25) is 9.59 Å². The molecule has 0 saturated carbocycles. The Morgan fingerprint density at radius 2 is 1.57 bits per heavy atom. The number of amides is 2. The molecule has 3 aromatic carbocycles.